The molecule has 1 aromatic rings. The van der Waals surface area contributed by atoms with Gasteiger partial charge in [-0.3, -0.25) is 9.69 Å². The van der Waals surface area contributed by atoms with E-state index in [0.717, 1.165) is 5.56 Å². The van der Waals surface area contributed by atoms with Crippen LogP contribution in [0.3, 0.4) is 0 Å². The fourth-order valence-corrected chi connectivity index (χ4v) is 2.20. The van der Waals surface area contributed by atoms with E-state index in [-0.39, 0.29) is 18.6 Å². The molecule has 1 N–H and O–H groups in total. The first-order valence-corrected chi connectivity index (χ1v) is 6.25. The van der Waals surface area contributed by atoms with Crippen LogP contribution in [0.4, 0.5) is 5.69 Å². The highest BCUT2D eigenvalue weighted by Crippen LogP contribution is 2.32. The van der Waals surface area contributed by atoms with Gasteiger partial charge < -0.3 is 9.84 Å². The number of hydrogen-bond donors (Lipinski definition) is 1. The van der Waals surface area contributed by atoms with Crippen molar-refractivity contribution >= 4 is 17.6 Å². The second kappa shape index (κ2) is 5.40. The molecular formula is C14H17NO4. The Kier molecular flexibility index (Phi) is 3.85. The molecule has 102 valence electrons. The number of carbonyl (C=O) groups excluding carboxylic acids is 1. The van der Waals surface area contributed by atoms with Crippen LogP contribution in [0.25, 0.3) is 0 Å². The first kappa shape index (κ1) is 13.5. The Hall–Kier alpha value is -1.88. The SMILES string of the molecule is CC(C)OCC(=O)N1c2ccccc2C[C@H]1C(=O)O. The molecule has 1 aliphatic rings. The van der Waals surface area contributed by atoms with E-state index in [9.17, 15) is 14.7 Å². The lowest BCUT2D eigenvalue weighted by Crippen LogP contribution is -2.44. The second-order valence-electron chi connectivity index (χ2n) is 4.81. The normalized spacial score (nSPS) is 17.6. The Bertz CT molecular complexity index is 498. The molecule has 1 aromatic carbocycles. The maximum Gasteiger partial charge on any atom is 0.327 e. The number of nitrogens with zero attached hydrogens (tertiary/aromatic N) is 1. The van der Waals surface area contributed by atoms with Crippen LogP contribution in [0.5, 0.6) is 0 Å². The van der Waals surface area contributed by atoms with Crippen molar-refractivity contribution in [3.8, 4) is 0 Å². The summed E-state index contributed by atoms with van der Waals surface area (Å²) in [7, 11) is 0. The van der Waals surface area contributed by atoms with Gasteiger partial charge in [-0.1, -0.05) is 18.2 Å². The summed E-state index contributed by atoms with van der Waals surface area (Å²) < 4.78 is 5.27. The Balaban J connectivity index is 2.24. The lowest BCUT2D eigenvalue weighted by Gasteiger charge is -2.23. The Morgan fingerprint density at radius 3 is 2.74 bits per heavy atom. The fourth-order valence-electron chi connectivity index (χ4n) is 2.20. The molecule has 0 saturated heterocycles. The van der Waals surface area contributed by atoms with Gasteiger partial charge in [0, 0.05) is 12.1 Å². The maximum absolute atomic E-state index is 12.2. The molecule has 1 heterocycles. The molecular weight excluding hydrogens is 246 g/mol. The number of ether oxygens (including phenoxy) is 1. The van der Waals surface area contributed by atoms with Crippen LogP contribution in [0.2, 0.25) is 0 Å². The average molecular weight is 263 g/mol. The standard InChI is InChI=1S/C14H17NO4/c1-9(2)19-8-13(16)15-11-6-4-3-5-10(11)7-12(15)14(17)18/h3-6,9,12H,7-8H2,1-2H3,(H,17,18)/t12-/m0/s1. The minimum Gasteiger partial charge on any atom is -0.480 e. The van der Waals surface area contributed by atoms with Crippen molar-refractivity contribution < 1.29 is 19.4 Å². The van der Waals surface area contributed by atoms with Crippen molar-refractivity contribution in [3.05, 3.63) is 29.8 Å². The van der Waals surface area contributed by atoms with Crippen LogP contribution < -0.4 is 4.90 Å². The van der Waals surface area contributed by atoms with Crippen molar-refractivity contribution in [1.82, 2.24) is 0 Å². The molecule has 0 spiro atoms. The first-order valence-electron chi connectivity index (χ1n) is 6.25. The monoisotopic (exact) mass is 263 g/mol. The smallest absolute Gasteiger partial charge is 0.327 e. The Labute approximate surface area is 111 Å². The number of carbonyl (C=O) groups is 2. The third-order valence-electron chi connectivity index (χ3n) is 3.07. The molecule has 0 saturated carbocycles. The predicted molar refractivity (Wildman–Crippen MR) is 70.1 cm³/mol. The van der Waals surface area contributed by atoms with E-state index in [2.05, 4.69) is 0 Å². The number of carboxylic acid groups (broad SMARTS) is 1. The van der Waals surface area contributed by atoms with E-state index in [1.165, 1.54) is 4.90 Å². The number of anilines is 1. The van der Waals surface area contributed by atoms with Gasteiger partial charge in [0.25, 0.3) is 5.91 Å². The van der Waals surface area contributed by atoms with Gasteiger partial charge in [-0.05, 0) is 25.5 Å². The second-order valence-corrected chi connectivity index (χ2v) is 4.81. The van der Waals surface area contributed by atoms with Gasteiger partial charge in [0.2, 0.25) is 0 Å². The third-order valence-corrected chi connectivity index (χ3v) is 3.07. The number of amides is 1. The molecule has 2 rings (SSSR count). The molecule has 1 aliphatic heterocycles. The highest BCUT2D eigenvalue weighted by molar-refractivity contribution is 6.02. The quantitative estimate of drug-likeness (QED) is 0.893. The molecule has 5 heteroatoms. The summed E-state index contributed by atoms with van der Waals surface area (Å²) in [5, 5.41) is 9.25. The summed E-state index contributed by atoms with van der Waals surface area (Å²) in [6.45, 7) is 3.57. The minimum atomic E-state index is -0.992. The number of rotatable bonds is 4. The van der Waals surface area contributed by atoms with Crippen LogP contribution in [0.1, 0.15) is 19.4 Å². The zero-order chi connectivity index (χ0) is 14.0. The molecule has 0 radical (unpaired) electrons. The number of carboxylic acids is 1. The molecule has 5 nitrogen and oxygen atoms in total. The van der Waals surface area contributed by atoms with Crippen molar-refractivity contribution in [2.45, 2.75) is 32.4 Å². The van der Waals surface area contributed by atoms with Gasteiger partial charge in [-0.15, -0.1) is 0 Å². The summed E-state index contributed by atoms with van der Waals surface area (Å²) >= 11 is 0. The van der Waals surface area contributed by atoms with Crippen LogP contribution in [0, 0.1) is 0 Å². The van der Waals surface area contributed by atoms with E-state index in [1.807, 2.05) is 26.0 Å². The van der Waals surface area contributed by atoms with E-state index >= 15 is 0 Å². The summed E-state index contributed by atoms with van der Waals surface area (Å²) in [6, 6.07) is 6.43. The lowest BCUT2D eigenvalue weighted by molar-refractivity contribution is -0.140. The topological polar surface area (TPSA) is 66.8 Å². The molecule has 0 aromatic heterocycles. The molecule has 1 amide bonds. The van der Waals surface area contributed by atoms with Crippen LogP contribution in [0.15, 0.2) is 24.3 Å². The molecule has 0 bridgehead atoms. The van der Waals surface area contributed by atoms with Crippen molar-refractivity contribution in [2.75, 3.05) is 11.5 Å². The van der Waals surface area contributed by atoms with Gasteiger partial charge in [-0.25, -0.2) is 4.79 Å². The first-order chi connectivity index (χ1) is 9.00. The van der Waals surface area contributed by atoms with Crippen molar-refractivity contribution in [1.29, 1.82) is 0 Å². The maximum atomic E-state index is 12.2. The minimum absolute atomic E-state index is 0.0647. The van der Waals surface area contributed by atoms with Crippen LogP contribution >= 0.6 is 0 Å². The largest absolute Gasteiger partial charge is 0.480 e. The van der Waals surface area contributed by atoms with Gasteiger partial charge in [0.05, 0.1) is 6.10 Å². The molecule has 0 fully saturated rings. The number of fused-ring (bicyclic) bond motifs is 1. The number of para-hydroxylation sites is 1. The molecule has 19 heavy (non-hydrogen) atoms. The Morgan fingerprint density at radius 2 is 2.11 bits per heavy atom. The van der Waals surface area contributed by atoms with Crippen molar-refractivity contribution in [3.63, 3.8) is 0 Å². The van der Waals surface area contributed by atoms with E-state index in [1.54, 1.807) is 12.1 Å². The molecule has 1 atom stereocenters. The van der Waals surface area contributed by atoms with Gasteiger partial charge in [0.15, 0.2) is 0 Å². The highest BCUT2D eigenvalue weighted by atomic mass is 16.5. The predicted octanol–water partition coefficient (Wildman–Crippen LogP) is 1.45. The fraction of sp³-hybridized carbons (Fsp3) is 0.429. The van der Waals surface area contributed by atoms with Crippen LogP contribution in [-0.4, -0.2) is 35.7 Å². The van der Waals surface area contributed by atoms with Crippen molar-refractivity contribution in [2.24, 2.45) is 0 Å². The summed E-state index contributed by atoms with van der Waals surface area (Å²) in [5.74, 6) is -1.31. The lowest BCUT2D eigenvalue weighted by atomic mass is 10.1. The number of aliphatic carboxylic acids is 1. The average Bonchev–Trinajstić information content (AvgIpc) is 2.75. The van der Waals surface area contributed by atoms with E-state index in [0.29, 0.717) is 12.1 Å². The van der Waals surface area contributed by atoms with Gasteiger partial charge in [0.1, 0.15) is 12.6 Å². The third kappa shape index (κ3) is 2.76. The number of hydrogen-bond acceptors (Lipinski definition) is 3. The summed E-state index contributed by atoms with van der Waals surface area (Å²) in [4.78, 5) is 24.8. The highest BCUT2D eigenvalue weighted by Gasteiger charge is 2.38. The summed E-state index contributed by atoms with van der Waals surface area (Å²) in [6.07, 6.45) is 0.281. The van der Waals surface area contributed by atoms with E-state index < -0.39 is 12.0 Å². The van der Waals surface area contributed by atoms with Gasteiger partial charge >= 0.3 is 5.97 Å². The number of benzene rings is 1. The van der Waals surface area contributed by atoms with Gasteiger partial charge in [-0.2, -0.15) is 0 Å². The molecule has 0 aliphatic carbocycles. The summed E-state index contributed by atoms with van der Waals surface area (Å²) in [5.41, 5.74) is 1.56. The van der Waals surface area contributed by atoms with Crippen LogP contribution in [-0.2, 0) is 20.7 Å². The zero-order valence-corrected chi connectivity index (χ0v) is 11.0. The molecule has 0 unspecified atom stereocenters. The van der Waals surface area contributed by atoms with E-state index in [4.69, 9.17) is 4.74 Å². The zero-order valence-electron chi connectivity index (χ0n) is 11.0. The Morgan fingerprint density at radius 1 is 1.42 bits per heavy atom.